The molecule has 9 atom stereocenters. The molecule has 0 unspecified atom stereocenters. The van der Waals surface area contributed by atoms with Crippen LogP contribution in [0.5, 0.6) is 0 Å². The minimum atomic E-state index is -1.00. The Labute approximate surface area is 206 Å². The molecule has 0 aromatic carbocycles. The van der Waals surface area contributed by atoms with Crippen molar-refractivity contribution in [2.75, 3.05) is 6.61 Å². The quantitative estimate of drug-likeness (QED) is 0.502. The number of ether oxygens (including phenoxy) is 2. The lowest BCUT2D eigenvalue weighted by Crippen LogP contribution is -2.67. The molecule has 0 radical (unpaired) electrons. The molecule has 0 amide bonds. The maximum atomic E-state index is 12.3. The highest BCUT2D eigenvalue weighted by molar-refractivity contribution is 5.85. The predicted molar refractivity (Wildman–Crippen MR) is 124 cm³/mol. The van der Waals surface area contributed by atoms with Crippen LogP contribution in [-0.4, -0.2) is 57.6 Å². The Morgan fingerprint density at radius 1 is 1.09 bits per heavy atom. The summed E-state index contributed by atoms with van der Waals surface area (Å²) in [5.74, 6) is -1.28. The van der Waals surface area contributed by atoms with Gasteiger partial charge >= 0.3 is 17.9 Å². The first-order chi connectivity index (χ1) is 16.5. The van der Waals surface area contributed by atoms with Gasteiger partial charge in [0.05, 0.1) is 24.5 Å². The summed E-state index contributed by atoms with van der Waals surface area (Å²) in [5.41, 5.74) is -0.875. The third-order valence-electron chi connectivity index (χ3n) is 10.9. The molecule has 0 bridgehead atoms. The number of cyclic esters (lactones) is 1. The summed E-state index contributed by atoms with van der Waals surface area (Å²) in [4.78, 5) is 34.6. The predicted octanol–water partition coefficient (Wildman–Crippen LogP) is 2.99. The Balaban J connectivity index is 1.33. The number of carbonyl (C=O) groups excluding carboxylic acids is 2. The van der Waals surface area contributed by atoms with Gasteiger partial charge in [0, 0.05) is 11.5 Å². The van der Waals surface area contributed by atoms with Crippen LogP contribution < -0.4 is 0 Å². The van der Waals surface area contributed by atoms with Crippen LogP contribution in [0, 0.1) is 34.5 Å². The molecule has 4 fully saturated rings. The fourth-order valence-electron chi connectivity index (χ4n) is 8.91. The van der Waals surface area contributed by atoms with E-state index in [4.69, 9.17) is 14.6 Å². The van der Waals surface area contributed by atoms with Crippen molar-refractivity contribution in [3.05, 3.63) is 11.6 Å². The zero-order valence-electron chi connectivity index (χ0n) is 20.7. The van der Waals surface area contributed by atoms with Crippen molar-refractivity contribution in [2.45, 2.75) is 95.9 Å². The zero-order chi connectivity index (χ0) is 25.2. The number of carbonyl (C=O) groups is 3. The molecule has 0 spiro atoms. The molecule has 8 nitrogen and oxygen atoms in total. The van der Waals surface area contributed by atoms with Gasteiger partial charge in [-0.2, -0.15) is 0 Å². The van der Waals surface area contributed by atoms with Crippen LogP contribution in [-0.2, 0) is 23.9 Å². The lowest BCUT2D eigenvalue weighted by atomic mass is 9.42. The first-order valence-corrected chi connectivity index (χ1v) is 13.2. The number of hydrogen-bond acceptors (Lipinski definition) is 7. The molecule has 0 aromatic heterocycles. The van der Waals surface area contributed by atoms with Gasteiger partial charge in [-0.3, -0.25) is 9.59 Å². The first kappa shape index (κ1) is 24.8. The third kappa shape index (κ3) is 3.74. The van der Waals surface area contributed by atoms with Crippen molar-refractivity contribution in [2.24, 2.45) is 34.5 Å². The second-order valence-corrected chi connectivity index (χ2v) is 12.1. The smallest absolute Gasteiger partial charge is 0.331 e. The number of fused-ring (bicyclic) bond motifs is 5. The van der Waals surface area contributed by atoms with Gasteiger partial charge in [-0.05, 0) is 86.0 Å². The zero-order valence-corrected chi connectivity index (χ0v) is 20.7. The highest BCUT2D eigenvalue weighted by Crippen LogP contribution is 2.70. The van der Waals surface area contributed by atoms with Gasteiger partial charge in [-0.25, -0.2) is 4.79 Å². The van der Waals surface area contributed by atoms with Crippen molar-refractivity contribution in [1.29, 1.82) is 0 Å². The summed E-state index contributed by atoms with van der Waals surface area (Å²) in [6.07, 6.45) is 6.45. The average molecular weight is 491 g/mol. The summed E-state index contributed by atoms with van der Waals surface area (Å²) in [5, 5.41) is 32.7. The number of hydrogen-bond donors (Lipinski definition) is 3. The number of aliphatic hydroxyl groups excluding tert-OH is 1. The molecule has 35 heavy (non-hydrogen) atoms. The number of esters is 2. The molecule has 3 N–H and O–H groups in total. The summed E-state index contributed by atoms with van der Waals surface area (Å²) in [7, 11) is 0. The number of carboxylic acids is 1. The Morgan fingerprint density at radius 3 is 2.54 bits per heavy atom. The van der Waals surface area contributed by atoms with Crippen molar-refractivity contribution in [3.63, 3.8) is 0 Å². The van der Waals surface area contributed by atoms with E-state index < -0.39 is 29.1 Å². The van der Waals surface area contributed by atoms with Crippen LogP contribution in [0.1, 0.15) is 78.1 Å². The van der Waals surface area contributed by atoms with E-state index in [1.807, 2.05) is 6.92 Å². The second kappa shape index (κ2) is 8.58. The number of aliphatic carboxylic acids is 1. The largest absolute Gasteiger partial charge is 0.481 e. The van der Waals surface area contributed by atoms with Crippen molar-refractivity contribution >= 4 is 17.9 Å². The molecule has 194 valence electrons. The van der Waals surface area contributed by atoms with E-state index in [9.17, 15) is 24.6 Å². The van der Waals surface area contributed by atoms with Crippen molar-refractivity contribution < 1.29 is 39.2 Å². The minimum Gasteiger partial charge on any atom is -0.481 e. The Kier molecular flexibility index (Phi) is 6.07. The molecule has 0 aromatic rings. The topological polar surface area (TPSA) is 130 Å². The van der Waals surface area contributed by atoms with Crippen molar-refractivity contribution in [3.8, 4) is 0 Å². The number of aliphatic hydroxyl groups is 2. The van der Waals surface area contributed by atoms with Crippen LogP contribution in [0.15, 0.2) is 11.6 Å². The fraction of sp³-hybridized carbons (Fsp3) is 0.815. The Morgan fingerprint density at radius 2 is 1.86 bits per heavy atom. The molecular weight excluding hydrogens is 452 g/mol. The first-order valence-electron chi connectivity index (χ1n) is 13.2. The summed E-state index contributed by atoms with van der Waals surface area (Å²) < 4.78 is 10.8. The van der Waals surface area contributed by atoms with Gasteiger partial charge in [0.2, 0.25) is 0 Å². The summed E-state index contributed by atoms with van der Waals surface area (Å²) >= 11 is 0. The standard InChI is InChI=1S/C27H38O8/c1-25-9-7-17(35-23(31)6-5-22(29)30)12-16(25)3-4-19-20(25)13-21(28)26(2)18(8-10-27(19,26)33)15-11-24(32)34-14-15/h11,16-21,28,33H,3-10,12-14H2,1-2H3,(H,29,30)/t16-,17+,18-,19-,20+,21+,25+,26+,27-/m1/s1. The van der Waals surface area contributed by atoms with E-state index in [0.717, 1.165) is 44.1 Å². The second-order valence-electron chi connectivity index (χ2n) is 12.1. The number of rotatable bonds is 5. The minimum absolute atomic E-state index is 0.0608. The average Bonchev–Trinajstić information content (AvgIpc) is 3.34. The van der Waals surface area contributed by atoms with E-state index in [1.54, 1.807) is 6.08 Å². The molecule has 1 aliphatic heterocycles. The van der Waals surface area contributed by atoms with Crippen molar-refractivity contribution in [1.82, 2.24) is 0 Å². The van der Waals surface area contributed by atoms with E-state index in [0.29, 0.717) is 18.8 Å². The van der Waals surface area contributed by atoms with Gasteiger partial charge < -0.3 is 24.8 Å². The Hall–Kier alpha value is -1.93. The molecule has 1 heterocycles. The van der Waals surface area contributed by atoms with Crippen LogP contribution in [0.3, 0.4) is 0 Å². The van der Waals surface area contributed by atoms with E-state index in [1.165, 1.54) is 0 Å². The molecule has 0 saturated heterocycles. The third-order valence-corrected chi connectivity index (χ3v) is 10.9. The van der Waals surface area contributed by atoms with Crippen LogP contribution in [0.4, 0.5) is 0 Å². The lowest BCUT2D eigenvalue weighted by molar-refractivity contribution is -0.245. The van der Waals surface area contributed by atoms with Gasteiger partial charge in [-0.1, -0.05) is 13.8 Å². The van der Waals surface area contributed by atoms with Crippen LogP contribution in [0.25, 0.3) is 0 Å². The van der Waals surface area contributed by atoms with E-state index >= 15 is 0 Å². The van der Waals surface area contributed by atoms with Crippen LogP contribution >= 0.6 is 0 Å². The van der Waals surface area contributed by atoms with E-state index in [2.05, 4.69) is 6.92 Å². The normalized spacial score (nSPS) is 46.6. The lowest BCUT2D eigenvalue weighted by Gasteiger charge is -2.65. The fourth-order valence-corrected chi connectivity index (χ4v) is 8.91. The molecular formula is C27H38O8. The van der Waals surface area contributed by atoms with Gasteiger partial charge in [0.25, 0.3) is 0 Å². The van der Waals surface area contributed by atoms with Crippen LogP contribution in [0.2, 0.25) is 0 Å². The monoisotopic (exact) mass is 490 g/mol. The molecule has 5 aliphatic rings. The highest BCUT2D eigenvalue weighted by atomic mass is 16.5. The van der Waals surface area contributed by atoms with Gasteiger partial charge in [-0.15, -0.1) is 0 Å². The molecule has 8 heteroatoms. The SMILES string of the molecule is C[C@]12CC[C@H](OC(=O)CCC(=O)O)C[C@H]1CC[C@@H]1[C@@H]2C[C@H](O)[C@]2(C)[C@@H](C3=CC(=O)OC3)CC[C@@]12O. The summed E-state index contributed by atoms with van der Waals surface area (Å²) in [6, 6.07) is 0. The highest BCUT2D eigenvalue weighted by Gasteiger charge is 2.70. The summed E-state index contributed by atoms with van der Waals surface area (Å²) in [6.45, 7) is 4.55. The molecule has 4 aliphatic carbocycles. The molecule has 5 rings (SSSR count). The van der Waals surface area contributed by atoms with E-state index in [-0.39, 0.29) is 54.7 Å². The maximum absolute atomic E-state index is 12.3. The Bertz CT molecular complexity index is 943. The van der Waals surface area contributed by atoms with Gasteiger partial charge in [0.1, 0.15) is 12.7 Å². The number of carboxylic acid groups (broad SMARTS) is 1. The molecule has 4 saturated carbocycles. The van der Waals surface area contributed by atoms with Gasteiger partial charge in [0.15, 0.2) is 0 Å². The maximum Gasteiger partial charge on any atom is 0.331 e.